The zero-order valence-electron chi connectivity index (χ0n) is 11.1. The lowest BCUT2D eigenvalue weighted by atomic mass is 10.1. The van der Waals surface area contributed by atoms with Crippen molar-refractivity contribution >= 4 is 0 Å². The average molecular weight is 249 g/mol. The minimum absolute atomic E-state index is 0.126. The zero-order chi connectivity index (χ0) is 12.8. The Balaban J connectivity index is 1.82. The van der Waals surface area contributed by atoms with E-state index >= 15 is 0 Å². The molecule has 100 valence electrons. The summed E-state index contributed by atoms with van der Waals surface area (Å²) in [5.41, 5.74) is 7.14. The van der Waals surface area contributed by atoms with Gasteiger partial charge in [0.05, 0.1) is 6.10 Å². The van der Waals surface area contributed by atoms with Crippen LogP contribution in [-0.4, -0.2) is 19.3 Å². The van der Waals surface area contributed by atoms with Crippen molar-refractivity contribution in [1.29, 1.82) is 0 Å². The monoisotopic (exact) mass is 249 g/mol. The van der Waals surface area contributed by atoms with Crippen molar-refractivity contribution in [2.75, 3.05) is 13.2 Å². The maximum Gasteiger partial charge on any atom is 0.119 e. The van der Waals surface area contributed by atoms with Gasteiger partial charge in [-0.2, -0.15) is 0 Å². The third kappa shape index (κ3) is 3.72. The van der Waals surface area contributed by atoms with Gasteiger partial charge in [0, 0.05) is 12.6 Å². The minimum Gasteiger partial charge on any atom is -0.491 e. The molecule has 3 heteroatoms. The molecule has 1 unspecified atom stereocenters. The van der Waals surface area contributed by atoms with Crippen LogP contribution in [0.1, 0.15) is 44.2 Å². The smallest absolute Gasteiger partial charge is 0.119 e. The Hall–Kier alpha value is -1.06. The Morgan fingerprint density at radius 1 is 1.33 bits per heavy atom. The van der Waals surface area contributed by atoms with Crippen LogP contribution in [0.3, 0.4) is 0 Å². The molecule has 1 aromatic carbocycles. The van der Waals surface area contributed by atoms with Crippen molar-refractivity contribution in [2.24, 2.45) is 5.73 Å². The Labute approximate surface area is 109 Å². The minimum atomic E-state index is 0.126. The molecule has 0 radical (unpaired) electrons. The second-order valence-electron chi connectivity index (χ2n) is 4.88. The first-order chi connectivity index (χ1) is 8.79. The summed E-state index contributed by atoms with van der Waals surface area (Å²) in [6.07, 6.45) is 4.75. The molecule has 2 N–H and O–H groups in total. The molecule has 0 spiro atoms. The van der Waals surface area contributed by atoms with E-state index in [2.05, 4.69) is 6.92 Å². The summed E-state index contributed by atoms with van der Waals surface area (Å²) in [6.45, 7) is 3.62. The van der Waals surface area contributed by atoms with Crippen molar-refractivity contribution in [1.82, 2.24) is 0 Å². The van der Waals surface area contributed by atoms with Crippen LogP contribution in [-0.2, 0) is 4.74 Å². The van der Waals surface area contributed by atoms with Crippen LogP contribution in [0.25, 0.3) is 0 Å². The summed E-state index contributed by atoms with van der Waals surface area (Å²) in [7, 11) is 0. The van der Waals surface area contributed by atoms with Crippen LogP contribution in [0.4, 0.5) is 0 Å². The summed E-state index contributed by atoms with van der Waals surface area (Å²) >= 11 is 0. The first-order valence-electron chi connectivity index (χ1n) is 6.89. The largest absolute Gasteiger partial charge is 0.491 e. The van der Waals surface area contributed by atoms with E-state index < -0.39 is 0 Å². The molecular weight excluding hydrogens is 226 g/mol. The zero-order valence-corrected chi connectivity index (χ0v) is 11.1. The normalized spacial score (nSPS) is 21.6. The van der Waals surface area contributed by atoms with Gasteiger partial charge < -0.3 is 15.2 Å². The fourth-order valence-electron chi connectivity index (χ4n) is 2.17. The fourth-order valence-corrected chi connectivity index (χ4v) is 2.17. The Kier molecular flexibility index (Phi) is 5.02. The highest BCUT2D eigenvalue weighted by atomic mass is 16.5. The van der Waals surface area contributed by atoms with Crippen LogP contribution in [0.5, 0.6) is 5.75 Å². The Morgan fingerprint density at radius 3 is 2.72 bits per heavy atom. The van der Waals surface area contributed by atoms with Gasteiger partial charge in [-0.05, 0) is 43.4 Å². The summed E-state index contributed by atoms with van der Waals surface area (Å²) in [4.78, 5) is 0. The molecule has 1 aromatic rings. The van der Waals surface area contributed by atoms with E-state index in [1.54, 1.807) is 0 Å². The molecule has 0 amide bonds. The number of nitrogens with two attached hydrogens (primary N) is 1. The maximum absolute atomic E-state index is 5.97. The molecule has 18 heavy (non-hydrogen) atoms. The predicted molar refractivity (Wildman–Crippen MR) is 72.7 cm³/mol. The molecular formula is C15H23NO2. The highest BCUT2D eigenvalue weighted by Crippen LogP contribution is 2.19. The van der Waals surface area contributed by atoms with Gasteiger partial charge in [-0.15, -0.1) is 0 Å². The van der Waals surface area contributed by atoms with Crippen LogP contribution in [0.2, 0.25) is 0 Å². The number of hydrogen-bond acceptors (Lipinski definition) is 3. The molecule has 0 aromatic heterocycles. The first-order valence-corrected chi connectivity index (χ1v) is 6.89. The summed E-state index contributed by atoms with van der Waals surface area (Å²) in [6, 6.07) is 8.21. The van der Waals surface area contributed by atoms with Crippen LogP contribution in [0.15, 0.2) is 24.3 Å². The van der Waals surface area contributed by atoms with Crippen molar-refractivity contribution in [3.8, 4) is 5.75 Å². The van der Waals surface area contributed by atoms with Gasteiger partial charge in [0.1, 0.15) is 12.4 Å². The quantitative estimate of drug-likeness (QED) is 0.872. The van der Waals surface area contributed by atoms with Gasteiger partial charge in [0.2, 0.25) is 0 Å². The van der Waals surface area contributed by atoms with Crippen LogP contribution in [0, 0.1) is 0 Å². The molecule has 1 heterocycles. The molecule has 2 atom stereocenters. The highest BCUT2D eigenvalue weighted by molar-refractivity contribution is 5.29. The Morgan fingerprint density at radius 2 is 2.11 bits per heavy atom. The van der Waals surface area contributed by atoms with Crippen LogP contribution < -0.4 is 10.5 Å². The molecule has 1 aliphatic heterocycles. The van der Waals surface area contributed by atoms with Crippen LogP contribution >= 0.6 is 0 Å². The summed E-state index contributed by atoms with van der Waals surface area (Å²) in [5, 5.41) is 0. The van der Waals surface area contributed by atoms with Gasteiger partial charge in [-0.1, -0.05) is 19.1 Å². The standard InChI is InChI=1S/C15H23NO2/c1-2-15(16)12-6-8-13(9-7-12)18-11-14-5-3-4-10-17-14/h6-9,14-15H,2-5,10-11,16H2,1H3/t14?,15-/m1/s1. The first kappa shape index (κ1) is 13.4. The third-order valence-electron chi connectivity index (χ3n) is 3.46. The van der Waals surface area contributed by atoms with E-state index in [0.29, 0.717) is 6.61 Å². The van der Waals surface area contributed by atoms with E-state index in [0.717, 1.165) is 25.2 Å². The molecule has 1 fully saturated rings. The van der Waals surface area contributed by atoms with Gasteiger partial charge in [0.15, 0.2) is 0 Å². The van der Waals surface area contributed by atoms with Gasteiger partial charge in [-0.25, -0.2) is 0 Å². The number of benzene rings is 1. The number of hydrogen-bond donors (Lipinski definition) is 1. The second kappa shape index (κ2) is 6.76. The van der Waals surface area contributed by atoms with Gasteiger partial charge >= 0.3 is 0 Å². The predicted octanol–water partition coefficient (Wildman–Crippen LogP) is 3.04. The van der Waals surface area contributed by atoms with E-state index in [-0.39, 0.29) is 12.1 Å². The topological polar surface area (TPSA) is 44.5 Å². The fraction of sp³-hybridized carbons (Fsp3) is 0.600. The van der Waals surface area contributed by atoms with Gasteiger partial charge in [-0.3, -0.25) is 0 Å². The molecule has 0 saturated carbocycles. The summed E-state index contributed by atoms with van der Waals surface area (Å²) < 4.78 is 11.4. The van der Waals surface area contributed by atoms with Crippen molar-refractivity contribution in [3.05, 3.63) is 29.8 Å². The van der Waals surface area contributed by atoms with Gasteiger partial charge in [0.25, 0.3) is 0 Å². The molecule has 0 bridgehead atoms. The second-order valence-corrected chi connectivity index (χ2v) is 4.88. The lowest BCUT2D eigenvalue weighted by molar-refractivity contribution is -0.0110. The SMILES string of the molecule is CC[C@@H](N)c1ccc(OCC2CCCCO2)cc1. The molecule has 1 saturated heterocycles. The van der Waals surface area contributed by atoms with E-state index in [9.17, 15) is 0 Å². The molecule has 1 aliphatic rings. The number of rotatable bonds is 5. The lowest BCUT2D eigenvalue weighted by Gasteiger charge is -2.22. The maximum atomic E-state index is 5.97. The number of ether oxygens (including phenoxy) is 2. The average Bonchev–Trinajstić information content (AvgIpc) is 2.46. The van der Waals surface area contributed by atoms with Crippen molar-refractivity contribution in [3.63, 3.8) is 0 Å². The third-order valence-corrected chi connectivity index (χ3v) is 3.46. The molecule has 3 nitrogen and oxygen atoms in total. The Bertz CT molecular complexity index is 344. The lowest BCUT2D eigenvalue weighted by Crippen LogP contribution is -2.25. The van der Waals surface area contributed by atoms with E-state index in [1.807, 2.05) is 24.3 Å². The summed E-state index contributed by atoms with van der Waals surface area (Å²) in [5.74, 6) is 0.899. The molecule has 2 rings (SSSR count). The van der Waals surface area contributed by atoms with E-state index in [4.69, 9.17) is 15.2 Å². The highest BCUT2D eigenvalue weighted by Gasteiger charge is 2.14. The van der Waals surface area contributed by atoms with E-state index in [1.165, 1.54) is 18.4 Å². The van der Waals surface area contributed by atoms with Crippen molar-refractivity contribution in [2.45, 2.75) is 44.8 Å². The molecule has 0 aliphatic carbocycles. The van der Waals surface area contributed by atoms with Crippen molar-refractivity contribution < 1.29 is 9.47 Å².